The standard InChI is InChI=1S/C17H12BrNO3/c18-12-6-5-10-9-16(21)13(8-11(10)7-12)17(22)19-14-3-1-2-4-15(14)20/h1-9,20-21H,(H,19,22). The SMILES string of the molecule is O=C(Nc1ccccc1O)c1cc2cc(Br)ccc2cc1O. The molecule has 4 nitrogen and oxygen atoms in total. The third kappa shape index (κ3) is 2.76. The number of amides is 1. The zero-order valence-electron chi connectivity index (χ0n) is 11.4. The Hall–Kier alpha value is -2.53. The van der Waals surface area contributed by atoms with Crippen LogP contribution in [0.5, 0.6) is 11.5 Å². The lowest BCUT2D eigenvalue weighted by molar-refractivity contribution is 0.102. The maximum Gasteiger partial charge on any atom is 0.259 e. The van der Waals surface area contributed by atoms with E-state index in [2.05, 4.69) is 21.2 Å². The molecule has 0 aliphatic heterocycles. The van der Waals surface area contributed by atoms with Gasteiger partial charge in [0.05, 0.1) is 11.3 Å². The second-order valence-electron chi connectivity index (χ2n) is 4.83. The average Bonchev–Trinajstić information content (AvgIpc) is 2.49. The maximum absolute atomic E-state index is 12.3. The minimum Gasteiger partial charge on any atom is -0.507 e. The summed E-state index contributed by atoms with van der Waals surface area (Å²) in [5.41, 5.74) is 0.440. The molecular formula is C17H12BrNO3. The Balaban J connectivity index is 2.00. The van der Waals surface area contributed by atoms with Crippen LogP contribution < -0.4 is 5.32 Å². The van der Waals surface area contributed by atoms with Gasteiger partial charge >= 0.3 is 0 Å². The molecule has 3 aromatic carbocycles. The highest BCUT2D eigenvalue weighted by atomic mass is 79.9. The van der Waals surface area contributed by atoms with E-state index in [4.69, 9.17) is 0 Å². The molecule has 3 N–H and O–H groups in total. The quantitative estimate of drug-likeness (QED) is 0.600. The summed E-state index contributed by atoms with van der Waals surface area (Å²) in [6, 6.07) is 15.2. The summed E-state index contributed by atoms with van der Waals surface area (Å²) >= 11 is 3.38. The van der Waals surface area contributed by atoms with E-state index in [1.54, 1.807) is 30.3 Å². The minimum atomic E-state index is -0.485. The zero-order valence-corrected chi connectivity index (χ0v) is 13.0. The predicted octanol–water partition coefficient (Wildman–Crippen LogP) is 4.27. The molecule has 0 atom stereocenters. The number of halogens is 1. The summed E-state index contributed by atoms with van der Waals surface area (Å²) < 4.78 is 0.887. The molecule has 0 unspecified atom stereocenters. The second kappa shape index (κ2) is 5.69. The van der Waals surface area contributed by atoms with Gasteiger partial charge < -0.3 is 15.5 Å². The van der Waals surface area contributed by atoms with Crippen molar-refractivity contribution in [3.8, 4) is 11.5 Å². The number of hydrogen-bond donors (Lipinski definition) is 3. The molecule has 5 heteroatoms. The van der Waals surface area contributed by atoms with E-state index < -0.39 is 5.91 Å². The number of carbonyl (C=O) groups is 1. The Morgan fingerprint density at radius 1 is 0.909 bits per heavy atom. The topological polar surface area (TPSA) is 69.6 Å². The molecule has 1 amide bonds. The largest absolute Gasteiger partial charge is 0.507 e. The number of carbonyl (C=O) groups excluding carboxylic acids is 1. The summed E-state index contributed by atoms with van der Waals surface area (Å²) in [5.74, 6) is -0.623. The summed E-state index contributed by atoms with van der Waals surface area (Å²) in [4.78, 5) is 12.3. The molecule has 0 saturated carbocycles. The number of para-hydroxylation sites is 2. The number of anilines is 1. The number of benzene rings is 3. The maximum atomic E-state index is 12.3. The Morgan fingerprint density at radius 3 is 2.45 bits per heavy atom. The van der Waals surface area contributed by atoms with Crippen LogP contribution in [0.3, 0.4) is 0 Å². The van der Waals surface area contributed by atoms with Gasteiger partial charge in [-0.1, -0.05) is 34.1 Å². The lowest BCUT2D eigenvalue weighted by Crippen LogP contribution is -2.12. The number of phenolic OH excluding ortho intramolecular Hbond substituents is 2. The van der Waals surface area contributed by atoms with Crippen LogP contribution in [0, 0.1) is 0 Å². The molecule has 3 aromatic rings. The fourth-order valence-electron chi connectivity index (χ4n) is 2.21. The smallest absolute Gasteiger partial charge is 0.259 e. The molecule has 0 saturated heterocycles. The fraction of sp³-hybridized carbons (Fsp3) is 0. The van der Waals surface area contributed by atoms with Crippen molar-refractivity contribution < 1.29 is 15.0 Å². The first-order chi connectivity index (χ1) is 10.5. The van der Waals surface area contributed by atoms with Gasteiger partial charge in [0.1, 0.15) is 11.5 Å². The van der Waals surface area contributed by atoms with Crippen LogP contribution in [0.4, 0.5) is 5.69 Å². The van der Waals surface area contributed by atoms with Crippen LogP contribution >= 0.6 is 15.9 Å². The van der Waals surface area contributed by atoms with Gasteiger partial charge in [-0.05, 0) is 47.2 Å². The Labute approximate surface area is 135 Å². The first-order valence-corrected chi connectivity index (χ1v) is 7.35. The molecular weight excluding hydrogens is 346 g/mol. The third-order valence-corrected chi connectivity index (χ3v) is 3.81. The fourth-order valence-corrected chi connectivity index (χ4v) is 2.59. The van der Waals surface area contributed by atoms with E-state index in [0.717, 1.165) is 15.2 Å². The van der Waals surface area contributed by atoms with Gasteiger partial charge in [0.25, 0.3) is 5.91 Å². The molecule has 22 heavy (non-hydrogen) atoms. The van der Waals surface area contributed by atoms with Crippen LogP contribution in [0.25, 0.3) is 10.8 Å². The van der Waals surface area contributed by atoms with Crippen molar-refractivity contribution >= 4 is 38.3 Å². The van der Waals surface area contributed by atoms with Crippen molar-refractivity contribution in [1.82, 2.24) is 0 Å². The molecule has 110 valence electrons. The highest BCUT2D eigenvalue weighted by Crippen LogP contribution is 2.29. The van der Waals surface area contributed by atoms with Crippen molar-refractivity contribution in [3.63, 3.8) is 0 Å². The van der Waals surface area contributed by atoms with Crippen molar-refractivity contribution in [2.24, 2.45) is 0 Å². The lowest BCUT2D eigenvalue weighted by Gasteiger charge is -2.09. The summed E-state index contributed by atoms with van der Waals surface area (Å²) in [5, 5.41) is 24.0. The number of rotatable bonds is 2. The predicted molar refractivity (Wildman–Crippen MR) is 89.4 cm³/mol. The van der Waals surface area contributed by atoms with E-state index in [-0.39, 0.29) is 17.1 Å². The molecule has 0 aliphatic carbocycles. The summed E-state index contributed by atoms with van der Waals surface area (Å²) in [6.45, 7) is 0. The first-order valence-electron chi connectivity index (χ1n) is 6.56. The van der Waals surface area contributed by atoms with Crippen LogP contribution in [0.2, 0.25) is 0 Å². The molecule has 0 fully saturated rings. The number of nitrogens with one attached hydrogen (secondary N) is 1. The highest BCUT2D eigenvalue weighted by molar-refractivity contribution is 9.10. The molecule has 0 aliphatic rings. The van der Waals surface area contributed by atoms with Gasteiger partial charge in [-0.3, -0.25) is 4.79 Å². The first kappa shape index (κ1) is 14.4. The molecule has 0 heterocycles. The normalized spacial score (nSPS) is 10.6. The minimum absolute atomic E-state index is 0.0288. The van der Waals surface area contributed by atoms with Gasteiger partial charge in [0.15, 0.2) is 0 Å². The molecule has 0 aromatic heterocycles. The van der Waals surface area contributed by atoms with Crippen molar-refractivity contribution in [2.45, 2.75) is 0 Å². The van der Waals surface area contributed by atoms with Crippen LogP contribution in [-0.4, -0.2) is 16.1 Å². The monoisotopic (exact) mass is 357 g/mol. The van der Waals surface area contributed by atoms with Crippen molar-refractivity contribution in [2.75, 3.05) is 5.32 Å². The van der Waals surface area contributed by atoms with E-state index in [9.17, 15) is 15.0 Å². The molecule has 0 spiro atoms. The Kier molecular flexibility index (Phi) is 3.73. The number of fused-ring (bicyclic) bond motifs is 1. The van der Waals surface area contributed by atoms with Gasteiger partial charge in [-0.2, -0.15) is 0 Å². The lowest BCUT2D eigenvalue weighted by atomic mass is 10.1. The van der Waals surface area contributed by atoms with E-state index in [1.165, 1.54) is 6.07 Å². The number of aromatic hydroxyl groups is 2. The van der Waals surface area contributed by atoms with Crippen LogP contribution in [-0.2, 0) is 0 Å². The average molecular weight is 358 g/mol. The zero-order chi connectivity index (χ0) is 15.7. The second-order valence-corrected chi connectivity index (χ2v) is 5.75. The highest BCUT2D eigenvalue weighted by Gasteiger charge is 2.14. The van der Waals surface area contributed by atoms with Crippen molar-refractivity contribution in [1.29, 1.82) is 0 Å². The van der Waals surface area contributed by atoms with Gasteiger partial charge in [-0.15, -0.1) is 0 Å². The summed E-state index contributed by atoms with van der Waals surface area (Å²) in [7, 11) is 0. The molecule has 0 radical (unpaired) electrons. The third-order valence-electron chi connectivity index (χ3n) is 3.31. The van der Waals surface area contributed by atoms with E-state index in [0.29, 0.717) is 5.69 Å². The summed E-state index contributed by atoms with van der Waals surface area (Å²) in [6.07, 6.45) is 0. The van der Waals surface area contributed by atoms with E-state index >= 15 is 0 Å². The molecule has 3 rings (SSSR count). The van der Waals surface area contributed by atoms with Gasteiger partial charge in [0, 0.05) is 4.47 Å². The Bertz CT molecular complexity index is 877. The van der Waals surface area contributed by atoms with Crippen LogP contribution in [0.15, 0.2) is 59.1 Å². The number of hydrogen-bond acceptors (Lipinski definition) is 3. The van der Waals surface area contributed by atoms with Crippen LogP contribution in [0.1, 0.15) is 10.4 Å². The van der Waals surface area contributed by atoms with Crippen molar-refractivity contribution in [3.05, 3.63) is 64.6 Å². The Morgan fingerprint density at radius 2 is 1.68 bits per heavy atom. The van der Waals surface area contributed by atoms with Gasteiger partial charge in [-0.25, -0.2) is 0 Å². The number of phenols is 2. The van der Waals surface area contributed by atoms with E-state index in [1.807, 2.05) is 18.2 Å². The molecule has 0 bridgehead atoms. The van der Waals surface area contributed by atoms with Gasteiger partial charge in [0.2, 0.25) is 0 Å².